The number of nitrogen functional groups attached to an aromatic ring is 1. The second-order valence-corrected chi connectivity index (χ2v) is 3.53. The first-order chi connectivity index (χ1) is 7.56. The number of benzene rings is 1. The Hall–Kier alpha value is -1.82. The number of nitro groups is 1. The number of hydrogen-bond donors (Lipinski definition) is 2. The SMILES string of the molecule is CNCCN(C)c1ccc([N+](=O)[O-])c(N)c1. The highest BCUT2D eigenvalue weighted by atomic mass is 16.6. The molecule has 0 aromatic heterocycles. The van der Waals surface area contributed by atoms with E-state index in [-0.39, 0.29) is 11.4 Å². The van der Waals surface area contributed by atoms with E-state index in [0.29, 0.717) is 0 Å². The van der Waals surface area contributed by atoms with Gasteiger partial charge in [0.05, 0.1) is 4.92 Å². The van der Waals surface area contributed by atoms with E-state index in [1.165, 1.54) is 6.07 Å². The number of nitrogens with two attached hydrogens (primary N) is 1. The first-order valence-electron chi connectivity index (χ1n) is 4.96. The van der Waals surface area contributed by atoms with E-state index in [4.69, 9.17) is 5.73 Å². The molecule has 0 bridgehead atoms. The van der Waals surface area contributed by atoms with Crippen molar-refractivity contribution in [3.05, 3.63) is 28.3 Å². The third-order valence-corrected chi connectivity index (χ3v) is 2.35. The van der Waals surface area contributed by atoms with Gasteiger partial charge in [-0.05, 0) is 19.2 Å². The molecular formula is C10H16N4O2. The summed E-state index contributed by atoms with van der Waals surface area (Å²) in [5.41, 5.74) is 6.62. The summed E-state index contributed by atoms with van der Waals surface area (Å²) in [5.74, 6) is 0. The lowest BCUT2D eigenvalue weighted by Gasteiger charge is -2.19. The average molecular weight is 224 g/mol. The van der Waals surface area contributed by atoms with Gasteiger partial charge < -0.3 is 16.0 Å². The maximum atomic E-state index is 10.6. The summed E-state index contributed by atoms with van der Waals surface area (Å²) < 4.78 is 0. The fourth-order valence-electron chi connectivity index (χ4n) is 1.35. The smallest absolute Gasteiger partial charge is 0.292 e. The molecule has 1 aromatic carbocycles. The first kappa shape index (κ1) is 12.3. The van der Waals surface area contributed by atoms with Gasteiger partial charge in [0.2, 0.25) is 0 Å². The van der Waals surface area contributed by atoms with Crippen molar-refractivity contribution in [2.75, 3.05) is 37.8 Å². The van der Waals surface area contributed by atoms with Gasteiger partial charge >= 0.3 is 0 Å². The van der Waals surface area contributed by atoms with Gasteiger partial charge in [0.25, 0.3) is 5.69 Å². The van der Waals surface area contributed by atoms with Crippen LogP contribution in [-0.2, 0) is 0 Å². The van der Waals surface area contributed by atoms with Crippen molar-refractivity contribution in [1.82, 2.24) is 5.32 Å². The molecule has 0 saturated heterocycles. The molecule has 0 saturated carbocycles. The molecule has 0 atom stereocenters. The van der Waals surface area contributed by atoms with E-state index in [1.807, 2.05) is 19.0 Å². The van der Waals surface area contributed by atoms with Gasteiger partial charge in [0, 0.05) is 31.9 Å². The zero-order chi connectivity index (χ0) is 12.1. The molecule has 16 heavy (non-hydrogen) atoms. The number of anilines is 2. The predicted octanol–water partition coefficient (Wildman–Crippen LogP) is 0.833. The zero-order valence-electron chi connectivity index (χ0n) is 9.43. The Morgan fingerprint density at radius 3 is 2.75 bits per heavy atom. The van der Waals surface area contributed by atoms with Gasteiger partial charge in [-0.25, -0.2) is 0 Å². The third-order valence-electron chi connectivity index (χ3n) is 2.35. The summed E-state index contributed by atoms with van der Waals surface area (Å²) in [4.78, 5) is 12.1. The normalized spacial score (nSPS) is 10.1. The van der Waals surface area contributed by atoms with E-state index < -0.39 is 4.92 Å². The van der Waals surface area contributed by atoms with Gasteiger partial charge in [-0.3, -0.25) is 10.1 Å². The molecule has 1 aromatic rings. The molecule has 1 rings (SSSR count). The van der Waals surface area contributed by atoms with Crippen molar-refractivity contribution in [2.45, 2.75) is 0 Å². The minimum absolute atomic E-state index is 0.0502. The largest absolute Gasteiger partial charge is 0.393 e. The minimum Gasteiger partial charge on any atom is -0.393 e. The number of likely N-dealkylation sites (N-methyl/N-ethyl adjacent to an activating group) is 2. The Labute approximate surface area is 94.2 Å². The fourth-order valence-corrected chi connectivity index (χ4v) is 1.35. The van der Waals surface area contributed by atoms with Crippen LogP contribution in [0, 0.1) is 10.1 Å². The maximum absolute atomic E-state index is 10.6. The van der Waals surface area contributed by atoms with E-state index in [0.717, 1.165) is 18.8 Å². The van der Waals surface area contributed by atoms with Crippen LogP contribution in [0.1, 0.15) is 0 Å². The summed E-state index contributed by atoms with van der Waals surface area (Å²) in [6.45, 7) is 1.65. The van der Waals surface area contributed by atoms with Crippen LogP contribution in [0.2, 0.25) is 0 Å². The Morgan fingerprint density at radius 1 is 1.56 bits per heavy atom. The Bertz CT molecular complexity index is 381. The molecule has 6 heteroatoms. The van der Waals surface area contributed by atoms with Crippen LogP contribution in [0.5, 0.6) is 0 Å². The van der Waals surface area contributed by atoms with Crippen molar-refractivity contribution in [1.29, 1.82) is 0 Å². The number of rotatable bonds is 5. The number of hydrogen-bond acceptors (Lipinski definition) is 5. The van der Waals surface area contributed by atoms with Crippen LogP contribution in [0.15, 0.2) is 18.2 Å². The van der Waals surface area contributed by atoms with Gasteiger partial charge in [-0.15, -0.1) is 0 Å². The standard InChI is InChI=1S/C10H16N4O2/c1-12-5-6-13(2)8-3-4-10(14(15)16)9(11)7-8/h3-4,7,12H,5-6,11H2,1-2H3. The molecule has 0 aliphatic rings. The van der Waals surface area contributed by atoms with Crippen molar-refractivity contribution in [2.24, 2.45) is 0 Å². The summed E-state index contributed by atoms with van der Waals surface area (Å²) in [5, 5.41) is 13.6. The maximum Gasteiger partial charge on any atom is 0.292 e. The molecule has 0 unspecified atom stereocenters. The third kappa shape index (κ3) is 2.83. The Balaban J connectivity index is 2.84. The Morgan fingerprint density at radius 2 is 2.25 bits per heavy atom. The zero-order valence-corrected chi connectivity index (χ0v) is 9.43. The van der Waals surface area contributed by atoms with Gasteiger partial charge in [0.15, 0.2) is 0 Å². The van der Waals surface area contributed by atoms with Crippen LogP contribution >= 0.6 is 0 Å². The van der Waals surface area contributed by atoms with Crippen molar-refractivity contribution < 1.29 is 4.92 Å². The second kappa shape index (κ2) is 5.32. The molecule has 88 valence electrons. The van der Waals surface area contributed by atoms with Crippen LogP contribution in [0.3, 0.4) is 0 Å². The molecule has 0 heterocycles. The molecule has 0 spiro atoms. The molecular weight excluding hydrogens is 208 g/mol. The monoisotopic (exact) mass is 224 g/mol. The van der Waals surface area contributed by atoms with Crippen LogP contribution in [0.25, 0.3) is 0 Å². The highest BCUT2D eigenvalue weighted by Crippen LogP contribution is 2.26. The fraction of sp³-hybridized carbons (Fsp3) is 0.400. The summed E-state index contributed by atoms with van der Waals surface area (Å²) in [6.07, 6.45) is 0. The lowest BCUT2D eigenvalue weighted by atomic mass is 10.2. The Kier molecular flexibility index (Phi) is 4.07. The topological polar surface area (TPSA) is 84.4 Å². The summed E-state index contributed by atoms with van der Waals surface area (Å²) >= 11 is 0. The molecule has 0 fully saturated rings. The summed E-state index contributed by atoms with van der Waals surface area (Å²) in [7, 11) is 3.79. The van der Waals surface area contributed by atoms with Crippen molar-refractivity contribution in [3.8, 4) is 0 Å². The number of nitro benzene ring substituents is 1. The quantitative estimate of drug-likeness (QED) is 0.439. The van der Waals surface area contributed by atoms with E-state index in [9.17, 15) is 10.1 Å². The number of nitrogens with zero attached hydrogens (tertiary/aromatic N) is 2. The molecule has 3 N–H and O–H groups in total. The van der Waals surface area contributed by atoms with E-state index in [1.54, 1.807) is 12.1 Å². The summed E-state index contributed by atoms with van der Waals surface area (Å²) in [6, 6.07) is 4.75. The minimum atomic E-state index is -0.479. The van der Waals surface area contributed by atoms with Crippen molar-refractivity contribution >= 4 is 17.1 Å². The average Bonchev–Trinajstić information content (AvgIpc) is 2.25. The highest BCUT2D eigenvalue weighted by Gasteiger charge is 2.12. The van der Waals surface area contributed by atoms with Gasteiger partial charge in [0.1, 0.15) is 5.69 Å². The molecule has 0 radical (unpaired) electrons. The van der Waals surface area contributed by atoms with Crippen LogP contribution < -0.4 is 16.0 Å². The lowest BCUT2D eigenvalue weighted by molar-refractivity contribution is -0.383. The van der Waals surface area contributed by atoms with Crippen molar-refractivity contribution in [3.63, 3.8) is 0 Å². The second-order valence-electron chi connectivity index (χ2n) is 3.53. The van der Waals surface area contributed by atoms with Gasteiger partial charge in [-0.2, -0.15) is 0 Å². The molecule has 6 nitrogen and oxygen atoms in total. The number of nitrogens with one attached hydrogen (secondary N) is 1. The molecule has 0 aliphatic heterocycles. The lowest BCUT2D eigenvalue weighted by Crippen LogP contribution is -2.27. The van der Waals surface area contributed by atoms with E-state index >= 15 is 0 Å². The highest BCUT2D eigenvalue weighted by molar-refractivity contribution is 5.66. The van der Waals surface area contributed by atoms with E-state index in [2.05, 4.69) is 5.32 Å². The van der Waals surface area contributed by atoms with Gasteiger partial charge in [-0.1, -0.05) is 0 Å². The first-order valence-corrected chi connectivity index (χ1v) is 4.96. The van der Waals surface area contributed by atoms with Crippen LogP contribution in [-0.4, -0.2) is 32.1 Å². The van der Waals surface area contributed by atoms with Crippen LogP contribution in [0.4, 0.5) is 17.1 Å². The molecule has 0 aliphatic carbocycles. The molecule has 0 amide bonds. The predicted molar refractivity (Wildman–Crippen MR) is 64.7 cm³/mol.